The molecule has 1 N–H and O–H groups in total. The summed E-state index contributed by atoms with van der Waals surface area (Å²) in [6.45, 7) is -0.383. The van der Waals surface area contributed by atoms with E-state index in [2.05, 4.69) is 5.32 Å². The highest BCUT2D eigenvalue weighted by Gasteiger charge is 2.12. The Morgan fingerprint density at radius 3 is 2.59 bits per heavy atom. The molecular formula is C19H20ClNO5S. The van der Waals surface area contributed by atoms with Gasteiger partial charge in [0.15, 0.2) is 6.61 Å². The number of anilines is 1. The molecule has 0 radical (unpaired) electrons. The third kappa shape index (κ3) is 6.69. The van der Waals surface area contributed by atoms with Crippen molar-refractivity contribution < 1.29 is 23.8 Å². The van der Waals surface area contributed by atoms with Gasteiger partial charge in [-0.3, -0.25) is 9.59 Å². The van der Waals surface area contributed by atoms with E-state index in [1.165, 1.54) is 26.0 Å². The van der Waals surface area contributed by atoms with Crippen molar-refractivity contribution >= 4 is 40.9 Å². The molecule has 1 amide bonds. The number of hydrogen-bond acceptors (Lipinski definition) is 6. The molecule has 0 heterocycles. The van der Waals surface area contributed by atoms with Gasteiger partial charge in [0.1, 0.15) is 11.5 Å². The minimum Gasteiger partial charge on any atom is -0.497 e. The second kappa shape index (κ2) is 10.7. The molecule has 2 aromatic carbocycles. The maximum Gasteiger partial charge on any atom is 0.316 e. The lowest BCUT2D eigenvalue weighted by molar-refractivity contribution is -0.144. The van der Waals surface area contributed by atoms with Crippen LogP contribution in [0.2, 0.25) is 5.02 Å². The van der Waals surface area contributed by atoms with Gasteiger partial charge in [0, 0.05) is 16.8 Å². The van der Waals surface area contributed by atoms with Crippen LogP contribution >= 0.6 is 23.4 Å². The highest BCUT2D eigenvalue weighted by molar-refractivity contribution is 7.99. The van der Waals surface area contributed by atoms with Gasteiger partial charge in [-0.1, -0.05) is 29.8 Å². The summed E-state index contributed by atoms with van der Waals surface area (Å²) in [4.78, 5) is 23.8. The third-order valence-electron chi connectivity index (χ3n) is 3.48. The summed E-state index contributed by atoms with van der Waals surface area (Å²) in [5.41, 5.74) is 1.38. The minimum atomic E-state index is -0.472. The fourth-order valence-electron chi connectivity index (χ4n) is 2.15. The quantitative estimate of drug-likeness (QED) is 0.635. The first kappa shape index (κ1) is 20.9. The molecule has 2 aromatic rings. The van der Waals surface area contributed by atoms with Crippen molar-refractivity contribution in [1.82, 2.24) is 0 Å². The molecule has 144 valence electrons. The zero-order valence-corrected chi connectivity index (χ0v) is 16.6. The highest BCUT2D eigenvalue weighted by atomic mass is 35.5. The first-order valence-electron chi connectivity index (χ1n) is 8.02. The Morgan fingerprint density at radius 1 is 1.11 bits per heavy atom. The predicted octanol–water partition coefficient (Wildman–Crippen LogP) is 3.77. The van der Waals surface area contributed by atoms with Crippen LogP contribution < -0.4 is 14.8 Å². The molecule has 0 saturated carbocycles. The summed E-state index contributed by atoms with van der Waals surface area (Å²) in [7, 11) is 3.02. The van der Waals surface area contributed by atoms with E-state index in [-0.39, 0.29) is 12.4 Å². The van der Waals surface area contributed by atoms with Gasteiger partial charge in [0.05, 0.1) is 25.7 Å². The monoisotopic (exact) mass is 409 g/mol. The number of carbonyl (C=O) groups excluding carboxylic acids is 2. The molecular weight excluding hydrogens is 390 g/mol. The fraction of sp³-hybridized carbons (Fsp3) is 0.263. The number of benzene rings is 2. The van der Waals surface area contributed by atoms with Crippen LogP contribution in [0.5, 0.6) is 11.5 Å². The maximum atomic E-state index is 12.0. The summed E-state index contributed by atoms with van der Waals surface area (Å²) < 4.78 is 15.3. The zero-order chi connectivity index (χ0) is 19.6. The number of ether oxygens (including phenoxy) is 3. The minimum absolute atomic E-state index is 0.126. The van der Waals surface area contributed by atoms with Crippen LogP contribution in [0.15, 0.2) is 42.5 Å². The molecule has 0 unspecified atom stereocenters. The van der Waals surface area contributed by atoms with Crippen molar-refractivity contribution in [3.05, 3.63) is 53.1 Å². The van der Waals surface area contributed by atoms with E-state index in [9.17, 15) is 9.59 Å². The Balaban J connectivity index is 1.76. The van der Waals surface area contributed by atoms with Crippen molar-refractivity contribution in [2.45, 2.75) is 5.75 Å². The van der Waals surface area contributed by atoms with Crippen molar-refractivity contribution in [3.63, 3.8) is 0 Å². The molecule has 8 heteroatoms. The van der Waals surface area contributed by atoms with Gasteiger partial charge < -0.3 is 19.5 Å². The number of hydrogen-bond donors (Lipinski definition) is 1. The van der Waals surface area contributed by atoms with Gasteiger partial charge in [-0.15, -0.1) is 11.8 Å². The Kier molecular flexibility index (Phi) is 8.29. The van der Waals surface area contributed by atoms with E-state index in [0.29, 0.717) is 28.0 Å². The second-order valence-electron chi connectivity index (χ2n) is 5.36. The maximum absolute atomic E-state index is 12.0. The van der Waals surface area contributed by atoms with E-state index in [4.69, 9.17) is 25.8 Å². The zero-order valence-electron chi connectivity index (χ0n) is 15.0. The predicted molar refractivity (Wildman–Crippen MR) is 107 cm³/mol. The lowest BCUT2D eigenvalue weighted by atomic mass is 10.2. The molecule has 0 aliphatic heterocycles. The molecule has 0 saturated heterocycles. The summed E-state index contributed by atoms with van der Waals surface area (Å²) in [6.07, 6.45) is 0. The summed E-state index contributed by atoms with van der Waals surface area (Å²) in [5.74, 6) is 0.818. The highest BCUT2D eigenvalue weighted by Crippen LogP contribution is 2.28. The molecule has 0 fully saturated rings. The van der Waals surface area contributed by atoms with Gasteiger partial charge in [-0.05, 0) is 23.8 Å². The first-order valence-corrected chi connectivity index (χ1v) is 9.55. The van der Waals surface area contributed by atoms with Crippen molar-refractivity contribution in [2.24, 2.45) is 0 Å². The number of halogens is 1. The average Bonchev–Trinajstić information content (AvgIpc) is 2.67. The molecule has 27 heavy (non-hydrogen) atoms. The number of esters is 1. The number of nitrogens with one attached hydrogen (secondary N) is 1. The largest absolute Gasteiger partial charge is 0.497 e. The molecule has 0 spiro atoms. The van der Waals surface area contributed by atoms with Crippen molar-refractivity contribution in [1.29, 1.82) is 0 Å². The molecule has 2 rings (SSSR count). The number of carbonyl (C=O) groups is 2. The Hall–Kier alpha value is -2.38. The second-order valence-corrected chi connectivity index (χ2v) is 6.75. The molecule has 6 nitrogen and oxygen atoms in total. The molecule has 0 bridgehead atoms. The van der Waals surface area contributed by atoms with Crippen molar-refractivity contribution in [2.75, 3.05) is 31.9 Å². The Bertz CT molecular complexity index is 799. The van der Waals surface area contributed by atoms with E-state index < -0.39 is 11.9 Å². The Labute approximate surface area is 167 Å². The third-order valence-corrected chi connectivity index (χ3v) is 4.80. The van der Waals surface area contributed by atoms with Crippen LogP contribution in [0.4, 0.5) is 5.69 Å². The summed E-state index contributed by atoms with van der Waals surface area (Å²) in [5, 5.41) is 3.29. The van der Waals surface area contributed by atoms with Crippen molar-refractivity contribution in [3.8, 4) is 11.5 Å². The Morgan fingerprint density at radius 2 is 1.89 bits per heavy atom. The molecule has 0 aromatic heterocycles. The molecule has 0 atom stereocenters. The topological polar surface area (TPSA) is 73.9 Å². The SMILES string of the molecule is COc1ccc(OC)c(NC(=O)COC(=O)CSCc2ccccc2Cl)c1. The van der Waals surface area contributed by atoms with E-state index >= 15 is 0 Å². The van der Waals surface area contributed by atoms with Gasteiger partial charge in [-0.25, -0.2) is 0 Å². The van der Waals surface area contributed by atoms with Gasteiger partial charge in [0.25, 0.3) is 5.91 Å². The average molecular weight is 410 g/mol. The van der Waals surface area contributed by atoms with Gasteiger partial charge >= 0.3 is 5.97 Å². The van der Waals surface area contributed by atoms with Crippen LogP contribution in [-0.4, -0.2) is 38.5 Å². The number of thioether (sulfide) groups is 1. The van der Waals surface area contributed by atoms with E-state index in [1.807, 2.05) is 18.2 Å². The molecule has 0 aliphatic rings. The van der Waals surface area contributed by atoms with Crippen LogP contribution in [0.25, 0.3) is 0 Å². The number of rotatable bonds is 9. The van der Waals surface area contributed by atoms with Gasteiger partial charge in [-0.2, -0.15) is 0 Å². The summed E-state index contributed by atoms with van der Waals surface area (Å²) >= 11 is 7.43. The van der Waals surface area contributed by atoms with E-state index in [0.717, 1.165) is 5.56 Å². The lowest BCUT2D eigenvalue weighted by Crippen LogP contribution is -2.22. The number of amides is 1. The lowest BCUT2D eigenvalue weighted by Gasteiger charge is -2.12. The molecule has 0 aliphatic carbocycles. The normalized spacial score (nSPS) is 10.2. The standard InChI is InChI=1S/C19H20ClNO5S/c1-24-14-7-8-17(25-2)16(9-14)21-18(22)10-26-19(23)12-27-11-13-5-3-4-6-15(13)20/h3-9H,10-12H2,1-2H3,(H,21,22). The van der Waals surface area contributed by atoms with E-state index in [1.54, 1.807) is 24.3 Å². The smallest absolute Gasteiger partial charge is 0.316 e. The van der Waals surface area contributed by atoms with Gasteiger partial charge in [0.2, 0.25) is 0 Å². The number of methoxy groups -OCH3 is 2. The summed E-state index contributed by atoms with van der Waals surface area (Å²) in [6, 6.07) is 12.4. The van der Waals surface area contributed by atoms with Crippen LogP contribution in [-0.2, 0) is 20.1 Å². The van der Waals surface area contributed by atoms with Crippen LogP contribution in [0.1, 0.15) is 5.56 Å². The first-order chi connectivity index (χ1) is 13.0. The van der Waals surface area contributed by atoms with Crippen LogP contribution in [0.3, 0.4) is 0 Å². The van der Waals surface area contributed by atoms with Crippen LogP contribution in [0, 0.1) is 0 Å². The fourth-order valence-corrected chi connectivity index (χ4v) is 3.25.